The van der Waals surface area contributed by atoms with Gasteiger partial charge in [-0.1, -0.05) is 56.1 Å². The molecule has 28 heavy (non-hydrogen) atoms. The smallest absolute Gasteiger partial charge is 0.123 e. The van der Waals surface area contributed by atoms with Crippen molar-refractivity contribution in [2.24, 2.45) is 0 Å². The average molecular weight is 402 g/mol. The van der Waals surface area contributed by atoms with Gasteiger partial charge in [0.1, 0.15) is 5.82 Å². The van der Waals surface area contributed by atoms with Crippen molar-refractivity contribution in [2.45, 2.75) is 52.9 Å². The fourth-order valence-electron chi connectivity index (χ4n) is 3.33. The third-order valence-corrected chi connectivity index (χ3v) is 6.08. The van der Waals surface area contributed by atoms with Crippen LogP contribution in [0.2, 0.25) is 5.02 Å². The topological polar surface area (TPSA) is 3.24 Å². The first kappa shape index (κ1) is 22.6. The molecule has 0 aromatic heterocycles. The van der Waals surface area contributed by atoms with Gasteiger partial charge in [-0.05, 0) is 85.7 Å². The van der Waals surface area contributed by atoms with E-state index in [9.17, 15) is 4.39 Å². The molecule has 2 aromatic carbocycles. The molecule has 0 saturated carbocycles. The summed E-state index contributed by atoms with van der Waals surface area (Å²) in [6.07, 6.45) is 2.23. The van der Waals surface area contributed by atoms with Crippen molar-refractivity contribution < 1.29 is 4.39 Å². The van der Waals surface area contributed by atoms with E-state index in [0.29, 0.717) is 0 Å². The number of hydrogen-bond acceptors (Lipinski definition) is 1. The predicted molar refractivity (Wildman–Crippen MR) is 121 cm³/mol. The Hall–Kier alpha value is -1.64. The number of hydrogen-bond donors (Lipinski definition) is 0. The summed E-state index contributed by atoms with van der Waals surface area (Å²) in [5, 5.41) is 0.828. The molecule has 1 aliphatic rings. The van der Waals surface area contributed by atoms with Gasteiger partial charge in [0.25, 0.3) is 0 Å². The van der Waals surface area contributed by atoms with E-state index in [0.717, 1.165) is 31.0 Å². The van der Waals surface area contributed by atoms with E-state index in [4.69, 9.17) is 11.6 Å². The zero-order chi connectivity index (χ0) is 20.9. The van der Waals surface area contributed by atoms with E-state index in [-0.39, 0.29) is 11.2 Å². The number of rotatable bonds is 3. The van der Waals surface area contributed by atoms with Gasteiger partial charge < -0.3 is 4.90 Å². The molecule has 0 atom stereocenters. The Labute approximate surface area is 175 Å². The van der Waals surface area contributed by atoms with Crippen LogP contribution in [0.25, 0.3) is 5.57 Å². The molecule has 3 rings (SSSR count). The van der Waals surface area contributed by atoms with Gasteiger partial charge in [0, 0.05) is 18.1 Å². The third kappa shape index (κ3) is 5.93. The van der Waals surface area contributed by atoms with Crippen LogP contribution in [0.3, 0.4) is 0 Å². The maximum atomic E-state index is 12.6. The summed E-state index contributed by atoms with van der Waals surface area (Å²) in [5.41, 5.74) is 6.95. The number of benzene rings is 2. The molecule has 2 aromatic rings. The van der Waals surface area contributed by atoms with Crippen molar-refractivity contribution >= 4 is 17.2 Å². The van der Waals surface area contributed by atoms with Crippen LogP contribution in [0.5, 0.6) is 0 Å². The monoisotopic (exact) mass is 401 g/mol. The summed E-state index contributed by atoms with van der Waals surface area (Å²) in [4.78, 5) is 2.36. The van der Waals surface area contributed by atoms with Crippen molar-refractivity contribution in [3.8, 4) is 0 Å². The summed E-state index contributed by atoms with van der Waals surface area (Å²) in [7, 11) is 2.17. The van der Waals surface area contributed by atoms with Gasteiger partial charge in [-0.25, -0.2) is 4.39 Å². The van der Waals surface area contributed by atoms with Gasteiger partial charge in [-0.3, -0.25) is 0 Å². The molecule has 0 spiro atoms. The van der Waals surface area contributed by atoms with Crippen LogP contribution in [0.4, 0.5) is 4.39 Å². The molecule has 0 amide bonds. The molecule has 0 fully saturated rings. The lowest BCUT2D eigenvalue weighted by molar-refractivity contribution is 0.366. The largest absolute Gasteiger partial charge is 0.302 e. The lowest BCUT2D eigenvalue weighted by atomic mass is 9.82. The minimum Gasteiger partial charge on any atom is -0.302 e. The standard InChI is InChI=1S/C14H18ClN.C11H15F/c1-10-4-5-12(15)8-13(10)14-9-16(3)7-6-11(14)2;1-4-11(2,3)9-5-7-10(12)8-6-9/h4-5,8H,6-7,9H2,1-3H3;5-8H,4H2,1-3H3. The number of aryl methyl sites for hydroxylation is 1. The van der Waals surface area contributed by atoms with Gasteiger partial charge >= 0.3 is 0 Å². The maximum absolute atomic E-state index is 12.6. The molecule has 0 bridgehead atoms. The highest BCUT2D eigenvalue weighted by molar-refractivity contribution is 6.30. The maximum Gasteiger partial charge on any atom is 0.123 e. The highest BCUT2D eigenvalue weighted by Gasteiger charge is 2.17. The zero-order valence-electron chi connectivity index (χ0n) is 18.1. The molecule has 1 nitrogen and oxygen atoms in total. The lowest BCUT2D eigenvalue weighted by Gasteiger charge is -2.27. The summed E-state index contributed by atoms with van der Waals surface area (Å²) in [6, 6.07) is 12.9. The fraction of sp³-hybridized carbons (Fsp3) is 0.440. The molecular weight excluding hydrogens is 369 g/mol. The number of likely N-dealkylation sites (N-methyl/N-ethyl adjacent to an activating group) is 1. The minimum atomic E-state index is -0.161. The first-order valence-corrected chi connectivity index (χ1v) is 10.4. The summed E-state index contributed by atoms with van der Waals surface area (Å²) < 4.78 is 12.6. The molecular formula is C25H33ClFN. The zero-order valence-corrected chi connectivity index (χ0v) is 18.8. The van der Waals surface area contributed by atoms with Crippen molar-refractivity contribution in [1.82, 2.24) is 4.90 Å². The van der Waals surface area contributed by atoms with Gasteiger partial charge in [-0.2, -0.15) is 0 Å². The SMILES string of the molecule is CC1=C(c2cc(Cl)ccc2C)CN(C)CC1.CCC(C)(C)c1ccc(F)cc1. The second-order valence-corrected chi connectivity index (χ2v) is 8.89. The lowest BCUT2D eigenvalue weighted by Crippen LogP contribution is -2.27. The van der Waals surface area contributed by atoms with Crippen LogP contribution in [-0.2, 0) is 5.41 Å². The first-order chi connectivity index (χ1) is 13.1. The third-order valence-electron chi connectivity index (χ3n) is 5.85. The molecule has 0 saturated heterocycles. The van der Waals surface area contributed by atoms with Gasteiger partial charge in [0.15, 0.2) is 0 Å². The van der Waals surface area contributed by atoms with Crippen molar-refractivity contribution in [3.05, 3.63) is 75.6 Å². The van der Waals surface area contributed by atoms with E-state index in [2.05, 4.69) is 58.7 Å². The Balaban J connectivity index is 0.000000209. The van der Waals surface area contributed by atoms with E-state index in [1.165, 1.54) is 40.0 Å². The second-order valence-electron chi connectivity index (χ2n) is 8.45. The predicted octanol–water partition coefficient (Wildman–Crippen LogP) is 7.27. The van der Waals surface area contributed by atoms with E-state index in [1.54, 1.807) is 0 Å². The van der Waals surface area contributed by atoms with Crippen LogP contribution < -0.4 is 0 Å². The Morgan fingerprint density at radius 3 is 2.32 bits per heavy atom. The van der Waals surface area contributed by atoms with Gasteiger partial charge in [0.2, 0.25) is 0 Å². The van der Waals surface area contributed by atoms with Gasteiger partial charge in [-0.15, -0.1) is 0 Å². The number of nitrogens with zero attached hydrogens (tertiary/aromatic N) is 1. The minimum absolute atomic E-state index is 0.160. The van der Waals surface area contributed by atoms with Crippen LogP contribution in [0, 0.1) is 12.7 Å². The highest BCUT2D eigenvalue weighted by atomic mass is 35.5. The number of halogens is 2. The fourth-order valence-corrected chi connectivity index (χ4v) is 3.51. The molecule has 0 radical (unpaired) electrons. The molecule has 152 valence electrons. The van der Waals surface area contributed by atoms with Crippen molar-refractivity contribution in [1.29, 1.82) is 0 Å². The molecule has 3 heteroatoms. The van der Waals surface area contributed by atoms with E-state index < -0.39 is 0 Å². The molecule has 1 heterocycles. The summed E-state index contributed by atoms with van der Waals surface area (Å²) in [5.74, 6) is -0.161. The normalized spacial score (nSPS) is 15.3. The second kappa shape index (κ2) is 9.71. The van der Waals surface area contributed by atoms with Crippen LogP contribution in [0.15, 0.2) is 48.0 Å². The summed E-state index contributed by atoms with van der Waals surface area (Å²) in [6.45, 7) is 13.1. The summed E-state index contributed by atoms with van der Waals surface area (Å²) >= 11 is 6.08. The quantitative estimate of drug-likeness (QED) is 0.522. The molecule has 1 aliphatic heterocycles. The Bertz CT molecular complexity index is 821. The van der Waals surface area contributed by atoms with Crippen LogP contribution in [-0.4, -0.2) is 25.0 Å². The molecule has 0 N–H and O–H groups in total. The molecule has 0 unspecified atom stereocenters. The van der Waals surface area contributed by atoms with Crippen LogP contribution in [0.1, 0.15) is 57.2 Å². The van der Waals surface area contributed by atoms with E-state index in [1.807, 2.05) is 18.2 Å². The van der Waals surface area contributed by atoms with Crippen molar-refractivity contribution in [2.75, 3.05) is 20.1 Å². The van der Waals surface area contributed by atoms with E-state index >= 15 is 0 Å². The molecule has 0 aliphatic carbocycles. The van der Waals surface area contributed by atoms with Gasteiger partial charge in [0.05, 0.1) is 0 Å². The highest BCUT2D eigenvalue weighted by Crippen LogP contribution is 2.30. The first-order valence-electron chi connectivity index (χ1n) is 10.0. The van der Waals surface area contributed by atoms with Crippen LogP contribution >= 0.6 is 11.6 Å². The Morgan fingerprint density at radius 2 is 1.71 bits per heavy atom. The average Bonchev–Trinajstić information content (AvgIpc) is 2.66. The Kier molecular flexibility index (Phi) is 7.86. The Morgan fingerprint density at radius 1 is 1.07 bits per heavy atom. The van der Waals surface area contributed by atoms with Crippen molar-refractivity contribution in [3.63, 3.8) is 0 Å².